The van der Waals surface area contributed by atoms with Crippen molar-refractivity contribution in [2.24, 2.45) is 5.92 Å². The second kappa shape index (κ2) is 5.98. The third kappa shape index (κ3) is 2.99. The molecule has 2 aromatic rings. The molecule has 3 heterocycles. The minimum Gasteiger partial charge on any atom is -0.432 e. The highest BCUT2D eigenvalue weighted by Gasteiger charge is 2.33. The molecule has 2 aliphatic heterocycles. The van der Waals surface area contributed by atoms with E-state index in [1.807, 2.05) is 18.2 Å². The van der Waals surface area contributed by atoms with Crippen molar-refractivity contribution in [3.63, 3.8) is 0 Å². The molecule has 1 N–H and O–H groups in total. The number of halogens is 1. The summed E-state index contributed by atoms with van der Waals surface area (Å²) < 4.78 is 5.60. The fraction of sp³-hybridized carbons (Fsp3) is 0.412. The first-order chi connectivity index (χ1) is 11.2. The summed E-state index contributed by atoms with van der Waals surface area (Å²) >= 11 is 6.15. The van der Waals surface area contributed by atoms with E-state index in [4.69, 9.17) is 16.0 Å². The second-order valence-electron chi connectivity index (χ2n) is 6.33. The molecule has 0 aliphatic carbocycles. The summed E-state index contributed by atoms with van der Waals surface area (Å²) in [5, 5.41) is 3.62. The number of fused-ring (bicyclic) bond motifs is 2. The summed E-state index contributed by atoms with van der Waals surface area (Å²) in [4.78, 5) is 18.9. The molecule has 1 unspecified atom stereocenters. The number of rotatable bonds is 3. The fourth-order valence-corrected chi connectivity index (χ4v) is 3.80. The van der Waals surface area contributed by atoms with Gasteiger partial charge in [-0.2, -0.15) is 0 Å². The average molecular weight is 332 g/mol. The molecule has 5 nitrogen and oxygen atoms in total. The van der Waals surface area contributed by atoms with E-state index in [1.165, 1.54) is 13.0 Å². The van der Waals surface area contributed by atoms with Crippen LogP contribution in [0, 0.1) is 5.92 Å². The monoisotopic (exact) mass is 331 g/mol. The lowest BCUT2D eigenvalue weighted by atomic mass is 9.97. The summed E-state index contributed by atoms with van der Waals surface area (Å²) in [6, 6.07) is 7.53. The van der Waals surface area contributed by atoms with E-state index in [1.54, 1.807) is 12.3 Å². The van der Waals surface area contributed by atoms with Gasteiger partial charge >= 0.3 is 5.91 Å². The first-order valence-electron chi connectivity index (χ1n) is 7.93. The van der Waals surface area contributed by atoms with E-state index >= 15 is 0 Å². The number of hydrogen-bond acceptors (Lipinski definition) is 4. The molecule has 120 valence electrons. The van der Waals surface area contributed by atoms with E-state index in [0.717, 1.165) is 25.1 Å². The van der Waals surface area contributed by atoms with Crippen LogP contribution in [-0.2, 0) is 0 Å². The number of carbonyl (C=O) groups is 1. The maximum absolute atomic E-state index is 12.4. The van der Waals surface area contributed by atoms with Crippen molar-refractivity contribution < 1.29 is 9.21 Å². The van der Waals surface area contributed by atoms with Crippen LogP contribution in [0.15, 0.2) is 34.9 Å². The number of nitrogens with zero attached hydrogens (tertiary/aromatic N) is 2. The number of nitrogens with one attached hydrogen (secondary N) is 1. The molecule has 6 heteroatoms. The van der Waals surface area contributed by atoms with Crippen LogP contribution in [0.3, 0.4) is 0 Å². The van der Waals surface area contributed by atoms with Gasteiger partial charge in [0.2, 0.25) is 0 Å². The Hall–Kier alpha value is -1.85. The SMILES string of the molecule is O=C(N[C@@H]1C[C@@H]2CCN(C2)C1)c1ncc(-c2ccccc2Cl)o1. The molecule has 2 aliphatic rings. The molecule has 3 atom stereocenters. The van der Waals surface area contributed by atoms with Crippen molar-refractivity contribution in [2.45, 2.75) is 18.9 Å². The Bertz CT molecular complexity index is 718. The van der Waals surface area contributed by atoms with E-state index < -0.39 is 0 Å². The first kappa shape index (κ1) is 14.7. The zero-order valence-electron chi connectivity index (χ0n) is 12.7. The normalized spacial score (nSPS) is 26.2. The summed E-state index contributed by atoms with van der Waals surface area (Å²) in [5.74, 6) is 1.05. The minimum absolute atomic E-state index is 0.0906. The number of oxazole rings is 1. The van der Waals surface area contributed by atoms with Crippen LogP contribution in [0.2, 0.25) is 5.02 Å². The second-order valence-corrected chi connectivity index (χ2v) is 6.74. The van der Waals surface area contributed by atoms with E-state index in [9.17, 15) is 4.79 Å². The Morgan fingerprint density at radius 1 is 1.35 bits per heavy atom. The number of piperidine rings is 1. The van der Waals surface area contributed by atoms with Crippen LogP contribution in [0.1, 0.15) is 23.5 Å². The summed E-state index contributed by atoms with van der Waals surface area (Å²) in [5.41, 5.74) is 0.738. The summed E-state index contributed by atoms with van der Waals surface area (Å²) in [6.45, 7) is 3.23. The van der Waals surface area contributed by atoms with Gasteiger partial charge in [0.15, 0.2) is 5.76 Å². The third-order valence-electron chi connectivity index (χ3n) is 4.64. The van der Waals surface area contributed by atoms with E-state index in [-0.39, 0.29) is 17.8 Å². The molecule has 1 amide bonds. The third-order valence-corrected chi connectivity index (χ3v) is 4.97. The number of hydrogen-bond donors (Lipinski definition) is 1. The van der Waals surface area contributed by atoms with Crippen LogP contribution in [0.5, 0.6) is 0 Å². The van der Waals surface area contributed by atoms with Gasteiger partial charge in [-0.05, 0) is 37.4 Å². The van der Waals surface area contributed by atoms with Crippen molar-refractivity contribution >= 4 is 17.5 Å². The highest BCUT2D eigenvalue weighted by Crippen LogP contribution is 2.29. The van der Waals surface area contributed by atoms with Crippen LogP contribution in [0.25, 0.3) is 11.3 Å². The van der Waals surface area contributed by atoms with Gasteiger partial charge in [0, 0.05) is 24.7 Å². The molecular weight excluding hydrogens is 314 g/mol. The predicted octanol–water partition coefficient (Wildman–Crippen LogP) is 2.82. The summed E-state index contributed by atoms with van der Waals surface area (Å²) in [7, 11) is 0. The Kier molecular flexibility index (Phi) is 3.83. The van der Waals surface area contributed by atoms with Crippen molar-refractivity contribution in [3.05, 3.63) is 41.4 Å². The molecule has 23 heavy (non-hydrogen) atoms. The van der Waals surface area contributed by atoms with Crippen molar-refractivity contribution in [1.82, 2.24) is 15.2 Å². The molecule has 0 spiro atoms. The van der Waals surface area contributed by atoms with Crippen LogP contribution in [-0.4, -0.2) is 41.5 Å². The topological polar surface area (TPSA) is 58.4 Å². The van der Waals surface area contributed by atoms with Crippen LogP contribution in [0.4, 0.5) is 0 Å². The van der Waals surface area contributed by atoms with E-state index in [2.05, 4.69) is 15.2 Å². The quantitative estimate of drug-likeness (QED) is 0.939. The van der Waals surface area contributed by atoms with Gasteiger partial charge in [-0.25, -0.2) is 4.98 Å². The number of aromatic nitrogens is 1. The maximum atomic E-state index is 12.4. The fourth-order valence-electron chi connectivity index (χ4n) is 3.58. The average Bonchev–Trinajstić information content (AvgIpc) is 3.15. The number of benzene rings is 1. The zero-order valence-corrected chi connectivity index (χ0v) is 13.4. The van der Waals surface area contributed by atoms with Crippen molar-refractivity contribution in [1.29, 1.82) is 0 Å². The highest BCUT2D eigenvalue weighted by molar-refractivity contribution is 6.33. The molecule has 0 radical (unpaired) electrons. The number of carbonyl (C=O) groups excluding carboxylic acids is 1. The Balaban J connectivity index is 1.46. The Morgan fingerprint density at radius 3 is 3.04 bits per heavy atom. The standard InChI is InChI=1S/C17H18ClN3O2/c18-14-4-2-1-3-13(14)15-8-19-17(23-15)16(22)20-12-7-11-5-6-21(9-11)10-12/h1-4,8,11-12H,5-7,9-10H2,(H,20,22)/t11-,12+/m0/s1. The molecule has 0 saturated carbocycles. The van der Waals surface area contributed by atoms with E-state index in [0.29, 0.717) is 16.7 Å². The molecule has 1 aromatic heterocycles. The van der Waals surface area contributed by atoms with Gasteiger partial charge in [-0.3, -0.25) is 4.79 Å². The lowest BCUT2D eigenvalue weighted by Gasteiger charge is -2.30. The largest absolute Gasteiger partial charge is 0.432 e. The highest BCUT2D eigenvalue weighted by atomic mass is 35.5. The predicted molar refractivity (Wildman–Crippen MR) is 87.4 cm³/mol. The molecule has 2 saturated heterocycles. The molecule has 2 fully saturated rings. The van der Waals surface area contributed by atoms with Gasteiger partial charge in [0.05, 0.1) is 11.2 Å². The van der Waals surface area contributed by atoms with Crippen LogP contribution < -0.4 is 5.32 Å². The molecule has 2 bridgehead atoms. The molecule has 1 aromatic carbocycles. The first-order valence-corrected chi connectivity index (χ1v) is 8.31. The van der Waals surface area contributed by atoms with Gasteiger partial charge in [0.25, 0.3) is 5.89 Å². The van der Waals surface area contributed by atoms with Crippen molar-refractivity contribution in [2.75, 3.05) is 19.6 Å². The molecular formula is C17H18ClN3O2. The lowest BCUT2D eigenvalue weighted by molar-refractivity contribution is 0.0875. The van der Waals surface area contributed by atoms with Gasteiger partial charge in [-0.1, -0.05) is 23.7 Å². The minimum atomic E-state index is -0.254. The summed E-state index contributed by atoms with van der Waals surface area (Å²) in [6.07, 6.45) is 3.83. The Morgan fingerprint density at radius 2 is 2.22 bits per heavy atom. The van der Waals surface area contributed by atoms with Crippen LogP contribution >= 0.6 is 11.6 Å². The van der Waals surface area contributed by atoms with Gasteiger partial charge in [-0.15, -0.1) is 0 Å². The lowest BCUT2D eigenvalue weighted by Crippen LogP contribution is -2.47. The smallest absolute Gasteiger partial charge is 0.307 e. The Labute approximate surface area is 139 Å². The number of amides is 1. The maximum Gasteiger partial charge on any atom is 0.307 e. The van der Waals surface area contributed by atoms with Gasteiger partial charge in [0.1, 0.15) is 0 Å². The zero-order chi connectivity index (χ0) is 15.8. The molecule has 4 rings (SSSR count). The van der Waals surface area contributed by atoms with Gasteiger partial charge < -0.3 is 14.6 Å². The van der Waals surface area contributed by atoms with Crippen molar-refractivity contribution in [3.8, 4) is 11.3 Å².